The predicted molar refractivity (Wildman–Crippen MR) is 111 cm³/mol. The summed E-state index contributed by atoms with van der Waals surface area (Å²) >= 11 is 5.79. The molecule has 1 heterocycles. The minimum absolute atomic E-state index is 0.0477. The van der Waals surface area contributed by atoms with Gasteiger partial charge in [-0.3, -0.25) is 9.59 Å². The van der Waals surface area contributed by atoms with E-state index in [0.717, 1.165) is 12.8 Å². The second-order valence-corrected chi connectivity index (χ2v) is 6.75. The molecule has 150 valence electrons. The first-order chi connectivity index (χ1) is 13.9. The van der Waals surface area contributed by atoms with Crippen LogP contribution in [0.25, 0.3) is 10.8 Å². The number of aromatic nitrogens is 2. The number of hydrogen-bond donors (Lipinski definition) is 3. The van der Waals surface area contributed by atoms with E-state index in [1.54, 1.807) is 24.3 Å². The minimum atomic E-state index is -0.586. The number of hydrazone groups is 1. The van der Waals surface area contributed by atoms with Gasteiger partial charge in [-0.05, 0) is 30.2 Å². The fraction of sp³-hybridized carbons (Fsp3) is 0.200. The van der Waals surface area contributed by atoms with Crippen molar-refractivity contribution >= 4 is 34.5 Å². The van der Waals surface area contributed by atoms with Crippen LogP contribution in [0.3, 0.4) is 0 Å². The Morgan fingerprint density at radius 2 is 2.00 bits per heavy atom. The number of benzene rings is 2. The smallest absolute Gasteiger partial charge is 0.292 e. The average molecular weight is 415 g/mol. The van der Waals surface area contributed by atoms with Crippen molar-refractivity contribution in [2.24, 2.45) is 5.10 Å². The van der Waals surface area contributed by atoms with Crippen LogP contribution >= 0.6 is 11.6 Å². The molecule has 0 unspecified atom stereocenters. The normalized spacial score (nSPS) is 11.2. The standard InChI is InChI=1S/C20H19ClN4O4/c1-2-3-8-25-20(29)14-7-5-4-6-13(14)17(24-25)19(28)23-22-11-12-9-15(21)18(27)16(26)10-12/h4-7,9-11,26-27H,2-3,8H2,1H3,(H,23,28)/b22-11+. The molecule has 3 rings (SSSR count). The molecule has 29 heavy (non-hydrogen) atoms. The molecule has 3 aromatic rings. The highest BCUT2D eigenvalue weighted by atomic mass is 35.5. The Labute approximate surface area is 171 Å². The van der Waals surface area contributed by atoms with E-state index in [-0.39, 0.29) is 16.3 Å². The van der Waals surface area contributed by atoms with E-state index in [2.05, 4.69) is 15.6 Å². The van der Waals surface area contributed by atoms with Crippen molar-refractivity contribution in [3.8, 4) is 11.5 Å². The number of halogens is 1. The Hall–Kier alpha value is -3.39. The molecule has 1 aromatic heterocycles. The maximum absolute atomic E-state index is 12.7. The summed E-state index contributed by atoms with van der Waals surface area (Å²) in [7, 11) is 0. The van der Waals surface area contributed by atoms with Gasteiger partial charge in [0, 0.05) is 11.9 Å². The van der Waals surface area contributed by atoms with E-state index in [9.17, 15) is 19.8 Å². The zero-order valence-corrected chi connectivity index (χ0v) is 16.3. The number of carbonyl (C=O) groups is 1. The maximum Gasteiger partial charge on any atom is 0.292 e. The van der Waals surface area contributed by atoms with E-state index in [4.69, 9.17) is 11.6 Å². The molecule has 0 aliphatic carbocycles. The molecule has 0 aliphatic rings. The van der Waals surface area contributed by atoms with Crippen molar-refractivity contribution in [2.75, 3.05) is 0 Å². The average Bonchev–Trinajstić information content (AvgIpc) is 2.71. The van der Waals surface area contributed by atoms with Crippen LogP contribution in [0.1, 0.15) is 35.8 Å². The first kappa shape index (κ1) is 20.3. The maximum atomic E-state index is 12.7. The molecular formula is C20H19ClN4O4. The number of phenols is 2. The highest BCUT2D eigenvalue weighted by Crippen LogP contribution is 2.33. The van der Waals surface area contributed by atoms with Crippen LogP contribution in [0.4, 0.5) is 0 Å². The summed E-state index contributed by atoms with van der Waals surface area (Å²) in [6.45, 7) is 2.41. The van der Waals surface area contributed by atoms with Gasteiger partial charge in [0.25, 0.3) is 11.5 Å². The number of aryl methyl sites for hydroxylation is 1. The molecule has 1 amide bonds. The number of aromatic hydroxyl groups is 2. The van der Waals surface area contributed by atoms with Gasteiger partial charge < -0.3 is 10.2 Å². The number of hydrogen-bond acceptors (Lipinski definition) is 6. The number of phenolic OH excluding ortho intramolecular Hbond substituents is 2. The molecule has 0 aliphatic heterocycles. The summed E-state index contributed by atoms with van der Waals surface area (Å²) in [4.78, 5) is 25.2. The molecule has 2 aromatic carbocycles. The van der Waals surface area contributed by atoms with Crippen LogP contribution in [-0.2, 0) is 6.54 Å². The lowest BCUT2D eigenvalue weighted by atomic mass is 10.1. The van der Waals surface area contributed by atoms with Gasteiger partial charge in [0.2, 0.25) is 0 Å². The largest absolute Gasteiger partial charge is 0.504 e. The van der Waals surface area contributed by atoms with Crippen molar-refractivity contribution in [2.45, 2.75) is 26.3 Å². The van der Waals surface area contributed by atoms with Gasteiger partial charge in [0.05, 0.1) is 16.6 Å². The second-order valence-electron chi connectivity index (χ2n) is 6.35. The topological polar surface area (TPSA) is 117 Å². The number of unbranched alkanes of at least 4 members (excludes halogenated alkanes) is 1. The molecule has 0 fully saturated rings. The van der Waals surface area contributed by atoms with Crippen molar-refractivity contribution in [1.82, 2.24) is 15.2 Å². The minimum Gasteiger partial charge on any atom is -0.504 e. The SMILES string of the molecule is CCCCn1nc(C(=O)N/N=C/c2cc(O)c(O)c(Cl)c2)c2ccccc2c1=O. The number of carbonyl (C=O) groups excluding carboxylic acids is 1. The van der Waals surface area contributed by atoms with Crippen LogP contribution in [0.2, 0.25) is 5.02 Å². The zero-order chi connectivity index (χ0) is 21.0. The molecule has 3 N–H and O–H groups in total. The van der Waals surface area contributed by atoms with Crippen molar-refractivity contribution < 1.29 is 15.0 Å². The molecule has 9 heteroatoms. The van der Waals surface area contributed by atoms with Crippen molar-refractivity contribution in [3.63, 3.8) is 0 Å². The number of nitrogens with one attached hydrogen (secondary N) is 1. The Balaban J connectivity index is 1.90. The van der Waals surface area contributed by atoms with Gasteiger partial charge in [-0.2, -0.15) is 10.2 Å². The second kappa shape index (κ2) is 8.74. The van der Waals surface area contributed by atoms with Gasteiger partial charge in [-0.25, -0.2) is 10.1 Å². The quantitative estimate of drug-likeness (QED) is 0.325. The number of nitrogens with zero attached hydrogens (tertiary/aromatic N) is 3. The molecule has 0 radical (unpaired) electrons. The monoisotopic (exact) mass is 414 g/mol. The molecule has 0 saturated carbocycles. The third-order valence-electron chi connectivity index (χ3n) is 4.25. The van der Waals surface area contributed by atoms with E-state index in [0.29, 0.717) is 22.9 Å². The lowest BCUT2D eigenvalue weighted by Crippen LogP contribution is -2.29. The van der Waals surface area contributed by atoms with Crippen LogP contribution < -0.4 is 11.0 Å². The summed E-state index contributed by atoms with van der Waals surface area (Å²) in [6, 6.07) is 9.39. The zero-order valence-electron chi connectivity index (χ0n) is 15.6. The highest BCUT2D eigenvalue weighted by molar-refractivity contribution is 6.32. The Bertz CT molecular complexity index is 1130. The highest BCUT2D eigenvalue weighted by Gasteiger charge is 2.16. The third-order valence-corrected chi connectivity index (χ3v) is 4.54. The Kier molecular flexibility index (Phi) is 6.13. The van der Waals surface area contributed by atoms with Gasteiger partial charge in [0.1, 0.15) is 0 Å². The predicted octanol–water partition coefficient (Wildman–Crippen LogP) is 3.03. The first-order valence-electron chi connectivity index (χ1n) is 8.97. The summed E-state index contributed by atoms with van der Waals surface area (Å²) in [5.41, 5.74) is 2.57. The Morgan fingerprint density at radius 3 is 2.69 bits per heavy atom. The van der Waals surface area contributed by atoms with Gasteiger partial charge in [-0.1, -0.05) is 43.1 Å². The van der Waals surface area contributed by atoms with Crippen molar-refractivity contribution in [3.05, 3.63) is 63.0 Å². The van der Waals surface area contributed by atoms with E-state index in [1.165, 1.54) is 23.0 Å². The summed E-state index contributed by atoms with van der Waals surface area (Å²) in [6.07, 6.45) is 2.91. The molecular weight excluding hydrogens is 396 g/mol. The Morgan fingerprint density at radius 1 is 1.28 bits per heavy atom. The van der Waals surface area contributed by atoms with E-state index < -0.39 is 17.4 Å². The van der Waals surface area contributed by atoms with Crippen LogP contribution in [0.5, 0.6) is 11.5 Å². The molecule has 0 spiro atoms. The van der Waals surface area contributed by atoms with E-state index in [1.807, 2.05) is 6.92 Å². The van der Waals surface area contributed by atoms with Crippen molar-refractivity contribution in [1.29, 1.82) is 0 Å². The van der Waals surface area contributed by atoms with Crippen LogP contribution in [-0.4, -0.2) is 32.1 Å². The van der Waals surface area contributed by atoms with Crippen LogP contribution in [0.15, 0.2) is 46.3 Å². The first-order valence-corrected chi connectivity index (χ1v) is 9.35. The van der Waals surface area contributed by atoms with Gasteiger partial charge in [-0.15, -0.1) is 0 Å². The lowest BCUT2D eigenvalue weighted by molar-refractivity contribution is 0.0949. The fourth-order valence-corrected chi connectivity index (χ4v) is 2.98. The molecule has 0 bridgehead atoms. The fourth-order valence-electron chi connectivity index (χ4n) is 2.76. The van der Waals surface area contributed by atoms with Gasteiger partial charge >= 0.3 is 0 Å². The number of rotatable bonds is 6. The number of fused-ring (bicyclic) bond motifs is 1. The lowest BCUT2D eigenvalue weighted by Gasteiger charge is -2.09. The van der Waals surface area contributed by atoms with E-state index >= 15 is 0 Å². The summed E-state index contributed by atoms with van der Waals surface area (Å²) < 4.78 is 1.29. The molecule has 0 atom stereocenters. The summed E-state index contributed by atoms with van der Waals surface area (Å²) in [5, 5.41) is 27.9. The molecule has 8 nitrogen and oxygen atoms in total. The van der Waals surface area contributed by atoms with Gasteiger partial charge in [0.15, 0.2) is 17.2 Å². The third kappa shape index (κ3) is 4.38. The van der Waals surface area contributed by atoms with Crippen LogP contribution in [0, 0.1) is 0 Å². The number of amides is 1. The molecule has 0 saturated heterocycles. The summed E-state index contributed by atoms with van der Waals surface area (Å²) in [5.74, 6) is -1.42.